The van der Waals surface area contributed by atoms with Crippen LogP contribution >= 0.6 is 11.3 Å². The summed E-state index contributed by atoms with van der Waals surface area (Å²) in [7, 11) is 0. The van der Waals surface area contributed by atoms with E-state index in [2.05, 4.69) is 13.8 Å². The maximum atomic E-state index is 12.2. The molecule has 1 aromatic rings. The van der Waals surface area contributed by atoms with E-state index >= 15 is 0 Å². The van der Waals surface area contributed by atoms with Crippen molar-refractivity contribution in [1.82, 2.24) is 0 Å². The standard InChI is InChI=1S/C14H21NOS/c1-4-6-9(16)11-12-10(17-13(11)15)7-5-8-14(12,2)3/h4-8,15H2,1-3H3. The fraction of sp³-hybridized carbons (Fsp3) is 0.643. The Morgan fingerprint density at radius 3 is 2.82 bits per heavy atom. The third kappa shape index (κ3) is 2.13. The Morgan fingerprint density at radius 1 is 1.47 bits per heavy atom. The van der Waals surface area contributed by atoms with Crippen molar-refractivity contribution in [3.05, 3.63) is 16.0 Å². The largest absolute Gasteiger partial charge is 0.390 e. The van der Waals surface area contributed by atoms with E-state index in [0.29, 0.717) is 6.42 Å². The van der Waals surface area contributed by atoms with Gasteiger partial charge < -0.3 is 5.73 Å². The van der Waals surface area contributed by atoms with Crippen LogP contribution in [0.5, 0.6) is 0 Å². The molecule has 0 aliphatic heterocycles. The molecule has 1 aromatic heterocycles. The molecular weight excluding hydrogens is 230 g/mol. The molecule has 94 valence electrons. The zero-order valence-electron chi connectivity index (χ0n) is 10.9. The van der Waals surface area contributed by atoms with E-state index in [-0.39, 0.29) is 11.2 Å². The number of fused-ring (bicyclic) bond motifs is 1. The van der Waals surface area contributed by atoms with Gasteiger partial charge in [0.1, 0.15) is 0 Å². The fourth-order valence-electron chi connectivity index (χ4n) is 2.83. The summed E-state index contributed by atoms with van der Waals surface area (Å²) in [5, 5.41) is 0.739. The molecule has 0 unspecified atom stereocenters. The van der Waals surface area contributed by atoms with Gasteiger partial charge in [-0.2, -0.15) is 0 Å². The number of hydrogen-bond donors (Lipinski definition) is 1. The molecule has 2 nitrogen and oxygen atoms in total. The summed E-state index contributed by atoms with van der Waals surface area (Å²) in [6.45, 7) is 6.51. The van der Waals surface area contributed by atoms with Crippen molar-refractivity contribution in [3.63, 3.8) is 0 Å². The summed E-state index contributed by atoms with van der Waals surface area (Å²) in [6, 6.07) is 0. The van der Waals surface area contributed by atoms with Crippen LogP contribution in [0, 0.1) is 0 Å². The summed E-state index contributed by atoms with van der Waals surface area (Å²) < 4.78 is 0. The summed E-state index contributed by atoms with van der Waals surface area (Å²) in [4.78, 5) is 13.6. The average Bonchev–Trinajstić information content (AvgIpc) is 2.56. The first-order chi connectivity index (χ1) is 7.97. The molecule has 0 bridgehead atoms. The first-order valence-electron chi connectivity index (χ1n) is 6.42. The molecule has 0 atom stereocenters. The SMILES string of the molecule is CCCC(=O)c1c(N)sc2c1C(C)(C)CCC2. The van der Waals surface area contributed by atoms with E-state index in [1.807, 2.05) is 6.92 Å². The number of rotatable bonds is 3. The molecule has 0 spiro atoms. The van der Waals surface area contributed by atoms with Crippen molar-refractivity contribution in [2.24, 2.45) is 0 Å². The first kappa shape index (κ1) is 12.6. The minimum absolute atomic E-state index is 0.112. The maximum Gasteiger partial charge on any atom is 0.166 e. The molecule has 2 N–H and O–H groups in total. The molecule has 3 heteroatoms. The Bertz CT molecular complexity index is 445. The van der Waals surface area contributed by atoms with Crippen molar-refractivity contribution < 1.29 is 4.79 Å². The highest BCUT2D eigenvalue weighted by Gasteiger charge is 2.34. The minimum atomic E-state index is 0.112. The molecule has 0 saturated carbocycles. The predicted molar refractivity (Wildman–Crippen MR) is 73.9 cm³/mol. The lowest BCUT2D eigenvalue weighted by molar-refractivity contribution is 0.0980. The predicted octanol–water partition coefficient (Wildman–Crippen LogP) is 3.93. The van der Waals surface area contributed by atoms with Crippen LogP contribution in [0.4, 0.5) is 5.00 Å². The van der Waals surface area contributed by atoms with Crippen LogP contribution < -0.4 is 5.73 Å². The van der Waals surface area contributed by atoms with Crippen LogP contribution in [-0.4, -0.2) is 5.78 Å². The van der Waals surface area contributed by atoms with Crippen molar-refractivity contribution in [1.29, 1.82) is 0 Å². The Hall–Kier alpha value is -0.830. The van der Waals surface area contributed by atoms with E-state index in [9.17, 15) is 4.79 Å². The Labute approximate surface area is 107 Å². The highest BCUT2D eigenvalue weighted by atomic mass is 32.1. The van der Waals surface area contributed by atoms with E-state index < -0.39 is 0 Å². The first-order valence-corrected chi connectivity index (χ1v) is 7.24. The third-order valence-corrected chi connectivity index (χ3v) is 4.73. The van der Waals surface area contributed by atoms with Gasteiger partial charge in [0.25, 0.3) is 0 Å². The highest BCUT2D eigenvalue weighted by Crippen LogP contribution is 2.45. The molecule has 1 aliphatic carbocycles. The van der Waals surface area contributed by atoms with Crippen LogP contribution in [0.3, 0.4) is 0 Å². The van der Waals surface area contributed by atoms with Gasteiger partial charge in [0.2, 0.25) is 0 Å². The van der Waals surface area contributed by atoms with Gasteiger partial charge in [0.05, 0.1) is 10.6 Å². The van der Waals surface area contributed by atoms with Crippen LogP contribution in [-0.2, 0) is 11.8 Å². The van der Waals surface area contributed by atoms with Gasteiger partial charge in [-0.25, -0.2) is 0 Å². The Balaban J connectivity index is 2.53. The van der Waals surface area contributed by atoms with Crippen molar-refractivity contribution in [3.8, 4) is 0 Å². The lowest BCUT2D eigenvalue weighted by atomic mass is 9.73. The molecule has 1 heterocycles. The lowest BCUT2D eigenvalue weighted by Crippen LogP contribution is -2.25. The summed E-state index contributed by atoms with van der Waals surface area (Å²) >= 11 is 1.63. The average molecular weight is 251 g/mol. The third-order valence-electron chi connectivity index (χ3n) is 3.65. The quantitative estimate of drug-likeness (QED) is 0.827. The van der Waals surface area contributed by atoms with Crippen LogP contribution in [0.2, 0.25) is 0 Å². The van der Waals surface area contributed by atoms with Gasteiger partial charge in [-0.1, -0.05) is 20.8 Å². The number of hydrogen-bond acceptors (Lipinski definition) is 3. The normalized spacial score (nSPS) is 17.8. The van der Waals surface area contributed by atoms with E-state index in [1.165, 1.54) is 16.9 Å². The Kier molecular flexibility index (Phi) is 3.30. The molecule has 0 saturated heterocycles. The zero-order chi connectivity index (χ0) is 12.6. The van der Waals surface area contributed by atoms with Crippen LogP contribution in [0.15, 0.2) is 0 Å². The number of carbonyl (C=O) groups is 1. The van der Waals surface area contributed by atoms with E-state index in [1.54, 1.807) is 11.3 Å². The van der Waals surface area contributed by atoms with Gasteiger partial charge >= 0.3 is 0 Å². The number of ketones is 1. The summed E-state index contributed by atoms with van der Waals surface area (Å²) in [6.07, 6.45) is 4.96. The second-order valence-electron chi connectivity index (χ2n) is 5.55. The van der Waals surface area contributed by atoms with E-state index in [4.69, 9.17) is 5.73 Å². The highest BCUT2D eigenvalue weighted by molar-refractivity contribution is 7.16. The molecule has 17 heavy (non-hydrogen) atoms. The van der Waals surface area contributed by atoms with Crippen molar-refractivity contribution >= 4 is 22.1 Å². The molecule has 0 amide bonds. The van der Waals surface area contributed by atoms with Gasteiger partial charge in [-0.15, -0.1) is 11.3 Å². The second kappa shape index (κ2) is 4.45. The number of aryl methyl sites for hydroxylation is 1. The molecule has 2 rings (SSSR count). The molecule has 0 fully saturated rings. The monoisotopic (exact) mass is 251 g/mol. The van der Waals surface area contributed by atoms with Crippen LogP contribution in [0.1, 0.15) is 67.3 Å². The second-order valence-corrected chi connectivity index (χ2v) is 6.69. The smallest absolute Gasteiger partial charge is 0.166 e. The maximum absolute atomic E-state index is 12.2. The number of nitrogens with two attached hydrogens (primary N) is 1. The number of anilines is 1. The van der Waals surface area contributed by atoms with Crippen molar-refractivity contribution in [2.75, 3.05) is 5.73 Å². The molecule has 0 radical (unpaired) electrons. The topological polar surface area (TPSA) is 43.1 Å². The Morgan fingerprint density at radius 2 is 2.18 bits per heavy atom. The van der Waals surface area contributed by atoms with Crippen molar-refractivity contribution in [2.45, 2.75) is 58.3 Å². The number of Topliss-reactive ketones (excluding diaryl/α,β-unsaturated/α-hetero) is 1. The number of nitrogen functional groups attached to an aromatic ring is 1. The minimum Gasteiger partial charge on any atom is -0.390 e. The number of thiophene rings is 1. The van der Waals surface area contributed by atoms with Gasteiger partial charge in [0, 0.05) is 11.3 Å². The molecular formula is C14H21NOS. The van der Waals surface area contributed by atoms with Crippen LogP contribution in [0.25, 0.3) is 0 Å². The van der Waals surface area contributed by atoms with Gasteiger partial charge in [-0.05, 0) is 36.7 Å². The number of carbonyl (C=O) groups excluding carboxylic acids is 1. The van der Waals surface area contributed by atoms with Gasteiger partial charge in [0.15, 0.2) is 5.78 Å². The molecule has 0 aromatic carbocycles. The summed E-state index contributed by atoms with van der Waals surface area (Å²) in [5.41, 5.74) is 8.28. The summed E-state index contributed by atoms with van der Waals surface area (Å²) in [5.74, 6) is 0.234. The lowest BCUT2D eigenvalue weighted by Gasteiger charge is -2.31. The fourth-order valence-corrected chi connectivity index (χ4v) is 4.14. The van der Waals surface area contributed by atoms with Gasteiger partial charge in [-0.3, -0.25) is 4.79 Å². The molecule has 1 aliphatic rings. The zero-order valence-corrected chi connectivity index (χ0v) is 11.7. The van der Waals surface area contributed by atoms with E-state index in [0.717, 1.165) is 29.8 Å².